The number of rotatable bonds is 5. The molecule has 0 rings (SSSR count). The summed E-state index contributed by atoms with van der Waals surface area (Å²) in [6.45, 7) is 6.67. The van der Waals surface area contributed by atoms with Gasteiger partial charge in [0.05, 0.1) is 13.0 Å². The number of halogens is 1. The van der Waals surface area contributed by atoms with Crippen LogP contribution < -0.4 is 0 Å². The van der Waals surface area contributed by atoms with Crippen LogP contribution in [0.1, 0.15) is 34.1 Å². The maximum atomic E-state index is 11.5. The molecule has 1 atom stereocenters. The van der Waals surface area contributed by atoms with Crippen molar-refractivity contribution >= 4 is 29.8 Å². The summed E-state index contributed by atoms with van der Waals surface area (Å²) in [5, 5.41) is 0. The lowest BCUT2D eigenvalue weighted by atomic mass is 10.1. The Hall–Kier alpha value is -1.30. The van der Waals surface area contributed by atoms with E-state index in [2.05, 4.69) is 9.03 Å². The van der Waals surface area contributed by atoms with Crippen molar-refractivity contribution in [1.29, 1.82) is 0 Å². The van der Waals surface area contributed by atoms with Gasteiger partial charge in [-0.1, -0.05) is 0 Å². The number of carbonyl (C=O) groups is 3. The molecule has 0 aliphatic rings. The predicted octanol–water partition coefficient (Wildman–Crippen LogP) is 1.59. The zero-order valence-corrected chi connectivity index (χ0v) is 11.6. The van der Waals surface area contributed by atoms with Crippen LogP contribution in [0.5, 0.6) is 0 Å². The molecule has 0 aromatic rings. The van der Waals surface area contributed by atoms with Crippen molar-refractivity contribution in [2.75, 3.05) is 6.61 Å². The fourth-order valence-corrected chi connectivity index (χ4v) is 1.22. The highest BCUT2D eigenvalue weighted by Crippen LogP contribution is 2.15. The lowest BCUT2D eigenvalue weighted by Gasteiger charge is -2.20. The molecule has 0 heterocycles. The lowest BCUT2D eigenvalue weighted by Crippen LogP contribution is -2.32. The van der Waals surface area contributed by atoms with Crippen LogP contribution in [0.4, 0.5) is 0 Å². The quantitative estimate of drug-likeness (QED) is 0.562. The first-order chi connectivity index (χ1) is 8.21. The van der Waals surface area contributed by atoms with Crippen molar-refractivity contribution < 1.29 is 28.1 Å². The summed E-state index contributed by atoms with van der Waals surface area (Å²) >= 11 is 4.90. The summed E-state index contributed by atoms with van der Waals surface area (Å²) in [5.41, 5.74) is -0.707. The van der Waals surface area contributed by atoms with E-state index in [0.29, 0.717) is 0 Å². The lowest BCUT2D eigenvalue weighted by molar-refractivity contribution is -0.166. The summed E-state index contributed by atoms with van der Waals surface area (Å²) < 4.78 is 13.6. The Morgan fingerprint density at radius 1 is 1.17 bits per heavy atom. The second-order valence-corrected chi connectivity index (χ2v) is 4.65. The SMILES string of the molecule is CCOC(=O)C(CC(=O)OC(C)(C)C)C(=O)OCl. The Morgan fingerprint density at radius 2 is 1.72 bits per heavy atom. The van der Waals surface area contributed by atoms with Gasteiger partial charge in [-0.05, 0) is 27.7 Å². The van der Waals surface area contributed by atoms with Crippen LogP contribution in [0.3, 0.4) is 0 Å². The Bertz CT molecular complexity index is 320. The molecular weight excluding hydrogens is 264 g/mol. The van der Waals surface area contributed by atoms with Gasteiger partial charge >= 0.3 is 17.9 Å². The molecule has 104 valence electrons. The zero-order valence-electron chi connectivity index (χ0n) is 10.8. The molecular formula is C11H17ClO6. The van der Waals surface area contributed by atoms with Gasteiger partial charge in [0.15, 0.2) is 5.92 Å². The van der Waals surface area contributed by atoms with E-state index < -0.39 is 35.8 Å². The summed E-state index contributed by atoms with van der Waals surface area (Å²) in [7, 11) is 0. The van der Waals surface area contributed by atoms with Crippen LogP contribution >= 0.6 is 11.9 Å². The molecule has 0 spiro atoms. The van der Waals surface area contributed by atoms with Gasteiger partial charge in [-0.3, -0.25) is 9.59 Å². The van der Waals surface area contributed by atoms with Crippen molar-refractivity contribution in [3.63, 3.8) is 0 Å². The van der Waals surface area contributed by atoms with E-state index in [-0.39, 0.29) is 6.61 Å². The Morgan fingerprint density at radius 3 is 2.11 bits per heavy atom. The largest absolute Gasteiger partial charge is 0.465 e. The van der Waals surface area contributed by atoms with Crippen LogP contribution in [0, 0.1) is 5.92 Å². The van der Waals surface area contributed by atoms with Crippen LogP contribution in [-0.4, -0.2) is 30.1 Å². The molecule has 0 bridgehead atoms. The summed E-state index contributed by atoms with van der Waals surface area (Å²) in [4.78, 5) is 34.2. The number of hydrogen-bond acceptors (Lipinski definition) is 6. The van der Waals surface area contributed by atoms with Gasteiger partial charge in [-0.15, -0.1) is 0 Å². The fourth-order valence-electron chi connectivity index (χ4n) is 1.11. The van der Waals surface area contributed by atoms with Gasteiger partial charge in [-0.2, -0.15) is 0 Å². The first-order valence-corrected chi connectivity index (χ1v) is 5.73. The maximum absolute atomic E-state index is 11.5. The van der Waals surface area contributed by atoms with E-state index in [0.717, 1.165) is 0 Å². The second-order valence-electron chi connectivity index (χ2n) is 4.49. The second kappa shape index (κ2) is 7.20. The molecule has 0 amide bonds. The topological polar surface area (TPSA) is 78.9 Å². The minimum atomic E-state index is -1.41. The highest BCUT2D eigenvalue weighted by atomic mass is 35.5. The van der Waals surface area contributed by atoms with Crippen molar-refractivity contribution in [3.8, 4) is 0 Å². The molecule has 0 aromatic heterocycles. The van der Waals surface area contributed by atoms with Crippen LogP contribution in [-0.2, 0) is 28.1 Å². The molecule has 0 N–H and O–H groups in total. The Labute approximate surface area is 111 Å². The van der Waals surface area contributed by atoms with E-state index in [1.165, 1.54) is 0 Å². The molecule has 0 saturated heterocycles. The van der Waals surface area contributed by atoms with Crippen LogP contribution in [0.2, 0.25) is 0 Å². The summed E-state index contributed by atoms with van der Waals surface area (Å²) in [5.74, 6) is -4.02. The van der Waals surface area contributed by atoms with Gasteiger partial charge in [0.25, 0.3) is 0 Å². The van der Waals surface area contributed by atoms with Crippen molar-refractivity contribution in [2.45, 2.75) is 39.7 Å². The van der Waals surface area contributed by atoms with Crippen LogP contribution in [0.15, 0.2) is 0 Å². The highest BCUT2D eigenvalue weighted by Gasteiger charge is 2.34. The Balaban J connectivity index is 4.65. The van der Waals surface area contributed by atoms with E-state index in [4.69, 9.17) is 16.6 Å². The van der Waals surface area contributed by atoms with Gasteiger partial charge in [0.1, 0.15) is 17.5 Å². The van der Waals surface area contributed by atoms with Crippen molar-refractivity contribution in [2.24, 2.45) is 5.92 Å². The average molecular weight is 281 g/mol. The minimum absolute atomic E-state index is 0.0826. The third-order valence-electron chi connectivity index (χ3n) is 1.72. The molecule has 7 heteroatoms. The average Bonchev–Trinajstić information content (AvgIpc) is 2.22. The molecule has 18 heavy (non-hydrogen) atoms. The normalized spacial score (nSPS) is 12.5. The first kappa shape index (κ1) is 16.7. The fraction of sp³-hybridized carbons (Fsp3) is 0.727. The molecule has 0 aromatic carbocycles. The zero-order chi connectivity index (χ0) is 14.3. The number of carbonyl (C=O) groups excluding carboxylic acids is 3. The van der Waals surface area contributed by atoms with E-state index in [9.17, 15) is 14.4 Å². The molecule has 1 unspecified atom stereocenters. The van der Waals surface area contributed by atoms with E-state index in [1.807, 2.05) is 0 Å². The third kappa shape index (κ3) is 6.44. The Kier molecular flexibility index (Phi) is 6.68. The third-order valence-corrected chi connectivity index (χ3v) is 1.87. The summed E-state index contributed by atoms with van der Waals surface area (Å²) in [6, 6.07) is 0. The molecule has 0 aliphatic carbocycles. The predicted molar refractivity (Wildman–Crippen MR) is 62.5 cm³/mol. The van der Waals surface area contributed by atoms with Gasteiger partial charge in [-0.25, -0.2) is 4.79 Å². The standard InChI is InChI=1S/C11H17ClO6/c1-5-16-9(14)7(10(15)18-12)6-8(13)17-11(2,3)4/h7H,5-6H2,1-4H3. The molecule has 0 radical (unpaired) electrons. The van der Waals surface area contributed by atoms with Crippen molar-refractivity contribution in [1.82, 2.24) is 0 Å². The summed E-state index contributed by atoms with van der Waals surface area (Å²) in [6.07, 6.45) is -0.471. The van der Waals surface area contributed by atoms with Gasteiger partial charge < -0.3 is 13.8 Å². The number of hydrogen-bond donors (Lipinski definition) is 0. The molecule has 0 saturated carbocycles. The highest BCUT2D eigenvalue weighted by molar-refractivity contribution is 6.15. The van der Waals surface area contributed by atoms with E-state index in [1.54, 1.807) is 27.7 Å². The first-order valence-electron chi connectivity index (χ1n) is 5.42. The van der Waals surface area contributed by atoms with E-state index >= 15 is 0 Å². The van der Waals surface area contributed by atoms with Gasteiger partial charge in [0.2, 0.25) is 0 Å². The van der Waals surface area contributed by atoms with Crippen molar-refractivity contribution in [3.05, 3.63) is 0 Å². The smallest absolute Gasteiger partial charge is 0.339 e. The molecule has 6 nitrogen and oxygen atoms in total. The molecule has 0 fully saturated rings. The van der Waals surface area contributed by atoms with Crippen LogP contribution in [0.25, 0.3) is 0 Å². The number of esters is 2. The maximum Gasteiger partial charge on any atom is 0.339 e. The number of ether oxygens (including phenoxy) is 2. The molecule has 0 aliphatic heterocycles. The minimum Gasteiger partial charge on any atom is -0.465 e. The monoisotopic (exact) mass is 280 g/mol. The van der Waals surface area contributed by atoms with Gasteiger partial charge in [0, 0.05) is 0 Å².